The largest absolute Gasteiger partial charge is 0.289 e. The summed E-state index contributed by atoms with van der Waals surface area (Å²) in [7, 11) is 0. The summed E-state index contributed by atoms with van der Waals surface area (Å²) in [4.78, 5) is 16.1. The van der Waals surface area contributed by atoms with Crippen LogP contribution in [0.2, 0.25) is 0 Å². The molecule has 0 amide bonds. The summed E-state index contributed by atoms with van der Waals surface area (Å²) >= 11 is 9.45. The predicted octanol–water partition coefficient (Wildman–Crippen LogP) is 5.46. The average molecular weight is 476 g/mol. The maximum Gasteiger partial charge on any atom is 0.130 e. The minimum absolute atomic E-state index is 0.496. The molecule has 0 bridgehead atoms. The third-order valence-electron chi connectivity index (χ3n) is 9.42. The van der Waals surface area contributed by atoms with Crippen LogP contribution in [0.25, 0.3) is 0 Å². The van der Waals surface area contributed by atoms with E-state index in [2.05, 4.69) is 54.2 Å². The van der Waals surface area contributed by atoms with E-state index in [0.29, 0.717) is 23.9 Å². The Bertz CT molecular complexity index is 1270. The van der Waals surface area contributed by atoms with Crippen LogP contribution < -0.4 is 10.7 Å². The lowest BCUT2D eigenvalue weighted by molar-refractivity contribution is 0.0433. The van der Waals surface area contributed by atoms with E-state index in [-0.39, 0.29) is 0 Å². The molecule has 0 spiro atoms. The van der Waals surface area contributed by atoms with E-state index >= 15 is 0 Å². The molecule has 5 heteroatoms. The van der Waals surface area contributed by atoms with Gasteiger partial charge in [-0.3, -0.25) is 15.0 Å². The fourth-order valence-corrected chi connectivity index (χ4v) is 7.74. The molecule has 5 atom stereocenters. The van der Waals surface area contributed by atoms with Crippen molar-refractivity contribution in [3.63, 3.8) is 0 Å². The van der Waals surface area contributed by atoms with Crippen LogP contribution in [0, 0.1) is 23.2 Å². The van der Waals surface area contributed by atoms with Crippen molar-refractivity contribution in [3.05, 3.63) is 57.7 Å². The van der Waals surface area contributed by atoms with E-state index in [1.165, 1.54) is 48.1 Å². The molecular formula is C28H33N3S2. The molecular weight excluding hydrogens is 442 g/mol. The van der Waals surface area contributed by atoms with Crippen molar-refractivity contribution in [2.24, 2.45) is 38.1 Å². The van der Waals surface area contributed by atoms with E-state index < -0.39 is 0 Å². The van der Waals surface area contributed by atoms with Crippen molar-refractivity contribution in [1.29, 1.82) is 0 Å². The topological polar surface area (TPSA) is 37.1 Å². The number of aliphatic imine (C=N–C) groups is 1. The highest BCUT2D eigenvalue weighted by Crippen LogP contribution is 2.63. The summed E-state index contributed by atoms with van der Waals surface area (Å²) in [5.41, 5.74) is 5.89. The average Bonchev–Trinajstić information content (AvgIpc) is 3.39. The van der Waals surface area contributed by atoms with Gasteiger partial charge in [0.05, 0.1) is 10.7 Å². The molecule has 3 aliphatic carbocycles. The van der Waals surface area contributed by atoms with Gasteiger partial charge in [0.2, 0.25) is 0 Å². The van der Waals surface area contributed by atoms with Gasteiger partial charge in [0.1, 0.15) is 6.67 Å². The molecule has 33 heavy (non-hydrogen) atoms. The van der Waals surface area contributed by atoms with Crippen molar-refractivity contribution in [2.75, 3.05) is 13.2 Å². The molecule has 2 aromatic rings. The molecule has 3 nitrogen and oxygen atoms in total. The van der Waals surface area contributed by atoms with Crippen LogP contribution in [-0.4, -0.2) is 18.9 Å². The first-order valence-corrected chi connectivity index (χ1v) is 13.4. The zero-order valence-electron chi connectivity index (χ0n) is 19.6. The van der Waals surface area contributed by atoms with Gasteiger partial charge in [-0.2, -0.15) is 0 Å². The first-order chi connectivity index (χ1) is 15.9. The van der Waals surface area contributed by atoms with Gasteiger partial charge in [-0.1, -0.05) is 19.9 Å². The Morgan fingerprint density at radius 1 is 1.03 bits per heavy atom. The molecule has 2 aromatic carbocycles. The highest BCUT2D eigenvalue weighted by Gasteiger charge is 2.54. The highest BCUT2D eigenvalue weighted by atomic mass is 32.1. The maximum atomic E-state index is 5.23. The maximum absolute atomic E-state index is 5.23. The summed E-state index contributed by atoms with van der Waals surface area (Å²) in [5, 5.41) is 2.05. The second-order valence-electron chi connectivity index (χ2n) is 10.9. The monoisotopic (exact) mass is 475 g/mol. The third-order valence-corrected chi connectivity index (χ3v) is 10.3. The lowest BCUT2D eigenvalue weighted by atomic mass is 9.54. The number of fused-ring (bicyclic) bond motifs is 6. The van der Waals surface area contributed by atoms with Crippen LogP contribution in [0.15, 0.2) is 55.1 Å². The molecule has 4 aliphatic rings. The predicted molar refractivity (Wildman–Crippen MR) is 140 cm³/mol. The van der Waals surface area contributed by atoms with Crippen LogP contribution in [0.5, 0.6) is 0 Å². The van der Waals surface area contributed by atoms with Crippen LogP contribution in [0.4, 0.5) is 0 Å². The quantitative estimate of drug-likeness (QED) is 0.554. The highest BCUT2D eigenvalue weighted by molar-refractivity contribution is 7.83. The van der Waals surface area contributed by atoms with Crippen LogP contribution >= 0.6 is 25.3 Å². The second-order valence-corrected chi connectivity index (χ2v) is 11.9. The van der Waals surface area contributed by atoms with Gasteiger partial charge >= 0.3 is 0 Å². The van der Waals surface area contributed by atoms with Crippen LogP contribution in [0.1, 0.15) is 68.6 Å². The van der Waals surface area contributed by atoms with Crippen molar-refractivity contribution in [1.82, 2.24) is 0 Å². The van der Waals surface area contributed by atoms with Gasteiger partial charge in [-0.25, -0.2) is 0 Å². The van der Waals surface area contributed by atoms with Gasteiger partial charge < -0.3 is 0 Å². The number of nitrogens with zero attached hydrogens (tertiary/aromatic N) is 3. The summed E-state index contributed by atoms with van der Waals surface area (Å²) in [6, 6.07) is 11.0. The first kappa shape index (κ1) is 21.9. The Labute approximate surface area is 207 Å². The number of thiol groups is 2. The smallest absolute Gasteiger partial charge is 0.130 e. The Morgan fingerprint density at radius 2 is 1.85 bits per heavy atom. The van der Waals surface area contributed by atoms with Crippen molar-refractivity contribution in [2.45, 2.75) is 68.1 Å². The summed E-state index contributed by atoms with van der Waals surface area (Å²) in [6.45, 7) is 6.44. The first-order valence-electron chi connectivity index (χ1n) is 12.5. The second kappa shape index (κ2) is 8.27. The Hall–Kier alpha value is -1.59. The van der Waals surface area contributed by atoms with Gasteiger partial charge in [-0.15, -0.1) is 25.3 Å². The molecule has 0 aromatic heterocycles. The molecule has 1 aliphatic heterocycles. The van der Waals surface area contributed by atoms with Gasteiger partial charge in [0, 0.05) is 27.6 Å². The Morgan fingerprint density at radius 3 is 2.73 bits per heavy atom. The van der Waals surface area contributed by atoms with Crippen LogP contribution in [0.3, 0.4) is 0 Å². The fourth-order valence-electron chi connectivity index (χ4n) is 7.35. The Balaban J connectivity index is 1.33. The SMILES string of the molecule is CC1CCC2C3CC(=NCCc4ccc5c(c4)=NCN=5)c4cc(S)c(S)cc4C3CCC12C. The van der Waals surface area contributed by atoms with E-state index in [4.69, 9.17) is 30.2 Å². The number of hydrogen-bond donors (Lipinski definition) is 2. The molecule has 0 N–H and O–H groups in total. The summed E-state index contributed by atoms with van der Waals surface area (Å²) in [5.74, 6) is 3.00. The van der Waals surface area contributed by atoms with Crippen molar-refractivity contribution < 1.29 is 0 Å². The molecule has 6 rings (SSSR count). The van der Waals surface area contributed by atoms with Crippen molar-refractivity contribution >= 4 is 31.0 Å². The molecule has 1 heterocycles. The molecule has 0 saturated heterocycles. The number of rotatable bonds is 3. The molecule has 172 valence electrons. The minimum Gasteiger partial charge on any atom is -0.289 e. The molecule has 0 radical (unpaired) electrons. The number of benzene rings is 2. The standard InChI is InChI=1S/C28H33N3S2/c1-16-3-5-22-20-12-24(29-10-8-17-4-6-23-25(11-17)31-15-30-23)21-14-27(33)26(32)13-19(21)18(20)7-9-28(16,22)2/h4,6,11,13-14,16,18,20,22,32-33H,3,5,7-10,12,15H2,1-2H3. The van der Waals surface area contributed by atoms with E-state index in [1.54, 1.807) is 0 Å². The molecule has 2 fully saturated rings. The van der Waals surface area contributed by atoms with Crippen molar-refractivity contribution in [3.8, 4) is 0 Å². The van der Waals surface area contributed by atoms with Crippen LogP contribution in [-0.2, 0) is 6.42 Å². The summed E-state index contributed by atoms with van der Waals surface area (Å²) < 4.78 is 0. The zero-order chi connectivity index (χ0) is 22.7. The van der Waals surface area contributed by atoms with Gasteiger partial charge in [0.15, 0.2) is 0 Å². The number of hydrogen-bond acceptors (Lipinski definition) is 5. The third kappa shape index (κ3) is 3.61. The van der Waals surface area contributed by atoms with E-state index in [0.717, 1.165) is 51.7 Å². The van der Waals surface area contributed by atoms with E-state index in [9.17, 15) is 0 Å². The zero-order valence-corrected chi connectivity index (χ0v) is 21.4. The van der Waals surface area contributed by atoms with Gasteiger partial charge in [-0.05, 0) is 103 Å². The molecule has 2 saturated carbocycles. The fraction of sp³-hybridized carbons (Fsp3) is 0.536. The Kier molecular flexibility index (Phi) is 5.49. The minimum atomic E-state index is 0.496. The summed E-state index contributed by atoms with van der Waals surface area (Å²) in [6.07, 6.45) is 7.46. The lowest BCUT2D eigenvalue weighted by Gasteiger charge is -2.51. The van der Waals surface area contributed by atoms with Gasteiger partial charge in [0.25, 0.3) is 0 Å². The lowest BCUT2D eigenvalue weighted by Crippen LogP contribution is -2.43. The van der Waals surface area contributed by atoms with E-state index in [1.807, 2.05) is 0 Å². The normalized spacial score (nSPS) is 33.0. The molecule has 5 unspecified atom stereocenters.